The van der Waals surface area contributed by atoms with Gasteiger partial charge in [-0.3, -0.25) is 5.10 Å². The van der Waals surface area contributed by atoms with E-state index in [4.69, 9.17) is 5.11 Å². The van der Waals surface area contributed by atoms with Crippen molar-refractivity contribution < 1.29 is 5.11 Å². The van der Waals surface area contributed by atoms with Crippen LogP contribution in [-0.4, -0.2) is 26.9 Å². The Morgan fingerprint density at radius 2 is 2.43 bits per heavy atom. The van der Waals surface area contributed by atoms with E-state index in [1.807, 2.05) is 13.0 Å². The largest absolute Gasteiger partial charge is 0.396 e. The number of aliphatic hydroxyl groups excluding tert-OH is 1. The Bertz CT molecular complexity index is 408. The highest BCUT2D eigenvalue weighted by atomic mass is 32.1. The number of nitrogens with one attached hydrogen (secondary N) is 1. The topological polar surface area (TPSA) is 61.8 Å². The maximum atomic E-state index is 8.84. The standard InChI is InChI=1S/C9H11N3OS/c1-6-8(3-5-13)14-9(11-6)7-2-4-10-12-7/h2,4,13H,3,5H2,1H3,(H,10,12). The Balaban J connectivity index is 2.33. The highest BCUT2D eigenvalue weighted by Crippen LogP contribution is 2.26. The van der Waals surface area contributed by atoms with E-state index in [1.165, 1.54) is 0 Å². The molecule has 0 saturated heterocycles. The average Bonchev–Trinajstić information content (AvgIpc) is 2.76. The molecule has 0 amide bonds. The lowest BCUT2D eigenvalue weighted by Crippen LogP contribution is -1.88. The average molecular weight is 209 g/mol. The third kappa shape index (κ3) is 1.69. The smallest absolute Gasteiger partial charge is 0.141 e. The van der Waals surface area contributed by atoms with Crippen molar-refractivity contribution in [3.05, 3.63) is 22.8 Å². The number of hydrogen-bond donors (Lipinski definition) is 2. The summed E-state index contributed by atoms with van der Waals surface area (Å²) in [6.07, 6.45) is 2.38. The van der Waals surface area contributed by atoms with Crippen LogP contribution in [0.15, 0.2) is 12.3 Å². The molecule has 74 valence electrons. The summed E-state index contributed by atoms with van der Waals surface area (Å²) < 4.78 is 0. The van der Waals surface area contributed by atoms with Crippen LogP contribution in [-0.2, 0) is 6.42 Å². The number of nitrogens with zero attached hydrogens (tertiary/aromatic N) is 2. The number of aliphatic hydroxyl groups is 1. The Hall–Kier alpha value is -1.20. The zero-order valence-electron chi connectivity index (χ0n) is 7.82. The molecule has 0 aliphatic carbocycles. The van der Waals surface area contributed by atoms with Crippen LogP contribution in [0.5, 0.6) is 0 Å². The molecular weight excluding hydrogens is 198 g/mol. The Morgan fingerprint density at radius 1 is 1.57 bits per heavy atom. The zero-order chi connectivity index (χ0) is 9.97. The van der Waals surface area contributed by atoms with Crippen LogP contribution in [0.25, 0.3) is 10.7 Å². The summed E-state index contributed by atoms with van der Waals surface area (Å²) >= 11 is 1.60. The summed E-state index contributed by atoms with van der Waals surface area (Å²) in [6, 6.07) is 1.89. The molecule has 2 heterocycles. The summed E-state index contributed by atoms with van der Waals surface area (Å²) in [5, 5.41) is 16.5. The van der Waals surface area contributed by atoms with Crippen molar-refractivity contribution in [3.8, 4) is 10.7 Å². The van der Waals surface area contributed by atoms with Crippen LogP contribution in [0.1, 0.15) is 10.6 Å². The Labute approximate surface area is 85.6 Å². The van der Waals surface area contributed by atoms with E-state index in [0.29, 0.717) is 6.42 Å². The van der Waals surface area contributed by atoms with E-state index in [2.05, 4.69) is 15.2 Å². The maximum absolute atomic E-state index is 8.84. The van der Waals surface area contributed by atoms with Crippen LogP contribution in [0.4, 0.5) is 0 Å². The van der Waals surface area contributed by atoms with Gasteiger partial charge in [0.2, 0.25) is 0 Å². The van der Waals surface area contributed by atoms with Crippen molar-refractivity contribution in [2.24, 2.45) is 0 Å². The second-order valence-electron chi connectivity index (χ2n) is 2.97. The predicted molar refractivity (Wildman–Crippen MR) is 55.2 cm³/mol. The highest BCUT2D eigenvalue weighted by molar-refractivity contribution is 7.15. The third-order valence-electron chi connectivity index (χ3n) is 1.96. The predicted octanol–water partition coefficient (Wildman–Crippen LogP) is 1.38. The number of hydrogen-bond acceptors (Lipinski definition) is 4. The molecule has 4 nitrogen and oxygen atoms in total. The molecule has 2 aromatic rings. The van der Waals surface area contributed by atoms with Gasteiger partial charge in [-0.2, -0.15) is 5.10 Å². The summed E-state index contributed by atoms with van der Waals surface area (Å²) in [5.74, 6) is 0. The molecule has 0 aromatic carbocycles. The van der Waals surface area contributed by atoms with Crippen molar-refractivity contribution in [3.63, 3.8) is 0 Å². The van der Waals surface area contributed by atoms with E-state index in [0.717, 1.165) is 21.3 Å². The van der Waals surface area contributed by atoms with Gasteiger partial charge in [-0.15, -0.1) is 11.3 Å². The first-order valence-electron chi connectivity index (χ1n) is 4.38. The van der Waals surface area contributed by atoms with Crippen LogP contribution in [0.2, 0.25) is 0 Å². The van der Waals surface area contributed by atoms with Gasteiger partial charge < -0.3 is 5.11 Å². The Kier molecular flexibility index (Phi) is 2.60. The molecule has 0 aliphatic rings. The SMILES string of the molecule is Cc1nc(-c2ccn[nH]2)sc1CCO. The lowest BCUT2D eigenvalue weighted by molar-refractivity contribution is 0.300. The number of H-pyrrole nitrogens is 1. The molecule has 2 N–H and O–H groups in total. The van der Waals surface area contributed by atoms with Gasteiger partial charge in [0.1, 0.15) is 5.01 Å². The minimum Gasteiger partial charge on any atom is -0.396 e. The van der Waals surface area contributed by atoms with Crippen LogP contribution < -0.4 is 0 Å². The van der Waals surface area contributed by atoms with Gasteiger partial charge >= 0.3 is 0 Å². The summed E-state index contributed by atoms with van der Waals surface area (Å²) in [7, 11) is 0. The van der Waals surface area contributed by atoms with Crippen molar-refractivity contribution >= 4 is 11.3 Å². The van der Waals surface area contributed by atoms with Crippen molar-refractivity contribution in [2.45, 2.75) is 13.3 Å². The van der Waals surface area contributed by atoms with E-state index in [1.54, 1.807) is 17.5 Å². The summed E-state index contributed by atoms with van der Waals surface area (Å²) in [4.78, 5) is 5.54. The van der Waals surface area contributed by atoms with Gasteiger partial charge in [-0.05, 0) is 13.0 Å². The molecule has 0 atom stereocenters. The van der Waals surface area contributed by atoms with E-state index in [-0.39, 0.29) is 6.61 Å². The number of aromatic nitrogens is 3. The molecule has 0 spiro atoms. The highest BCUT2D eigenvalue weighted by Gasteiger charge is 2.09. The summed E-state index contributed by atoms with van der Waals surface area (Å²) in [5.41, 5.74) is 1.93. The van der Waals surface area contributed by atoms with Crippen LogP contribution in [0.3, 0.4) is 0 Å². The molecule has 2 aromatic heterocycles. The van der Waals surface area contributed by atoms with Crippen LogP contribution in [0, 0.1) is 6.92 Å². The molecule has 0 unspecified atom stereocenters. The van der Waals surface area contributed by atoms with Gasteiger partial charge in [-0.1, -0.05) is 0 Å². The lowest BCUT2D eigenvalue weighted by atomic mass is 10.3. The van der Waals surface area contributed by atoms with Gasteiger partial charge in [0.15, 0.2) is 0 Å². The van der Waals surface area contributed by atoms with Crippen molar-refractivity contribution in [1.29, 1.82) is 0 Å². The Morgan fingerprint density at radius 3 is 3.07 bits per heavy atom. The fourth-order valence-electron chi connectivity index (χ4n) is 1.25. The molecule has 0 fully saturated rings. The first-order valence-corrected chi connectivity index (χ1v) is 5.20. The van der Waals surface area contributed by atoms with E-state index >= 15 is 0 Å². The monoisotopic (exact) mass is 209 g/mol. The third-order valence-corrected chi connectivity index (χ3v) is 3.21. The first kappa shape index (κ1) is 9.36. The first-order chi connectivity index (χ1) is 6.81. The van der Waals surface area contributed by atoms with Crippen molar-refractivity contribution in [1.82, 2.24) is 15.2 Å². The van der Waals surface area contributed by atoms with Crippen LogP contribution >= 0.6 is 11.3 Å². The second-order valence-corrected chi connectivity index (χ2v) is 4.06. The fourth-order valence-corrected chi connectivity index (χ4v) is 2.28. The van der Waals surface area contributed by atoms with Gasteiger partial charge in [-0.25, -0.2) is 4.98 Å². The van der Waals surface area contributed by atoms with E-state index in [9.17, 15) is 0 Å². The molecule has 14 heavy (non-hydrogen) atoms. The van der Waals surface area contributed by atoms with E-state index < -0.39 is 0 Å². The maximum Gasteiger partial charge on any atom is 0.141 e. The van der Waals surface area contributed by atoms with Gasteiger partial charge in [0, 0.05) is 24.1 Å². The molecule has 2 rings (SSSR count). The molecule has 0 bridgehead atoms. The fraction of sp³-hybridized carbons (Fsp3) is 0.333. The minimum atomic E-state index is 0.172. The molecule has 0 saturated carbocycles. The summed E-state index contributed by atoms with van der Waals surface area (Å²) in [6.45, 7) is 2.13. The number of aryl methyl sites for hydroxylation is 1. The molecule has 0 radical (unpaired) electrons. The number of rotatable bonds is 3. The van der Waals surface area contributed by atoms with Gasteiger partial charge in [0.05, 0.1) is 11.4 Å². The molecule has 0 aliphatic heterocycles. The zero-order valence-corrected chi connectivity index (χ0v) is 8.64. The van der Waals surface area contributed by atoms with Gasteiger partial charge in [0.25, 0.3) is 0 Å². The number of aromatic amines is 1. The quantitative estimate of drug-likeness (QED) is 0.802. The minimum absolute atomic E-state index is 0.172. The molecular formula is C9H11N3OS. The normalized spacial score (nSPS) is 10.7. The molecule has 5 heteroatoms. The second kappa shape index (κ2) is 3.89. The van der Waals surface area contributed by atoms with Crippen molar-refractivity contribution in [2.75, 3.05) is 6.61 Å². The lowest BCUT2D eigenvalue weighted by Gasteiger charge is -1.90. The number of thiazole rings is 1.